The number of rotatable bonds is 5. The van der Waals surface area contributed by atoms with Crippen LogP contribution in [0.5, 0.6) is 0 Å². The van der Waals surface area contributed by atoms with E-state index in [0.717, 1.165) is 12.8 Å². The molecule has 0 fully saturated rings. The number of aryl methyl sites for hydroxylation is 1. The zero-order valence-electron chi connectivity index (χ0n) is 8.64. The van der Waals surface area contributed by atoms with Gasteiger partial charge in [-0.05, 0) is 31.3 Å². The van der Waals surface area contributed by atoms with Gasteiger partial charge in [-0.3, -0.25) is 4.98 Å². The summed E-state index contributed by atoms with van der Waals surface area (Å²) < 4.78 is 0. The lowest BCUT2D eigenvalue weighted by Crippen LogP contribution is -2.15. The van der Waals surface area contributed by atoms with Crippen LogP contribution >= 0.6 is 22.7 Å². The number of nitrogens with zero attached hydrogens (tertiary/aromatic N) is 1. The first-order valence-electron chi connectivity index (χ1n) is 4.98. The Hall–Kier alpha value is -0.710. The summed E-state index contributed by atoms with van der Waals surface area (Å²) in [6, 6.07) is 4.75. The fraction of sp³-hybridized carbons (Fsp3) is 0.364. The van der Waals surface area contributed by atoms with Crippen LogP contribution in [0, 0.1) is 0 Å². The average molecular weight is 238 g/mol. The average Bonchev–Trinajstić information content (AvgIpc) is 2.90. The summed E-state index contributed by atoms with van der Waals surface area (Å²) in [4.78, 5) is 6.90. The molecule has 2 nitrogen and oxygen atoms in total. The van der Waals surface area contributed by atoms with Gasteiger partial charge in [-0.15, -0.1) is 22.7 Å². The molecule has 2 aromatic heterocycles. The van der Waals surface area contributed by atoms with Crippen molar-refractivity contribution in [2.75, 3.05) is 7.05 Å². The van der Waals surface area contributed by atoms with E-state index in [1.807, 2.05) is 30.1 Å². The van der Waals surface area contributed by atoms with Gasteiger partial charge in [0, 0.05) is 22.0 Å². The van der Waals surface area contributed by atoms with Crippen molar-refractivity contribution < 1.29 is 0 Å². The van der Waals surface area contributed by atoms with Gasteiger partial charge in [0.05, 0.1) is 5.51 Å². The third kappa shape index (κ3) is 2.87. The van der Waals surface area contributed by atoms with Crippen LogP contribution in [0.3, 0.4) is 0 Å². The molecule has 1 unspecified atom stereocenters. The maximum Gasteiger partial charge on any atom is 0.0794 e. The highest BCUT2D eigenvalue weighted by molar-refractivity contribution is 7.10. The predicted octanol–water partition coefficient (Wildman–Crippen LogP) is 3.10. The van der Waals surface area contributed by atoms with Crippen LogP contribution in [0.4, 0.5) is 0 Å². The fourth-order valence-electron chi connectivity index (χ4n) is 1.57. The molecule has 2 rings (SSSR count). The summed E-state index contributed by atoms with van der Waals surface area (Å²) in [5.41, 5.74) is 1.89. The normalized spacial score (nSPS) is 12.9. The van der Waals surface area contributed by atoms with Crippen LogP contribution in [0.25, 0.3) is 0 Å². The number of thiazole rings is 1. The van der Waals surface area contributed by atoms with E-state index in [1.54, 1.807) is 11.3 Å². The Morgan fingerprint density at radius 1 is 1.47 bits per heavy atom. The van der Waals surface area contributed by atoms with Gasteiger partial charge in [0.25, 0.3) is 0 Å². The fourth-order valence-corrected chi connectivity index (χ4v) is 3.06. The molecule has 0 saturated heterocycles. The maximum atomic E-state index is 4.12. The Bertz CT molecular complexity index is 367. The summed E-state index contributed by atoms with van der Waals surface area (Å²) in [5, 5.41) is 5.48. The Morgan fingerprint density at radius 2 is 2.40 bits per heavy atom. The molecular weight excluding hydrogens is 224 g/mol. The molecule has 1 N–H and O–H groups in total. The van der Waals surface area contributed by atoms with Crippen molar-refractivity contribution in [3.8, 4) is 0 Å². The van der Waals surface area contributed by atoms with Gasteiger partial charge in [-0.1, -0.05) is 6.07 Å². The van der Waals surface area contributed by atoms with Gasteiger partial charge in [0.15, 0.2) is 0 Å². The topological polar surface area (TPSA) is 24.9 Å². The molecule has 0 bridgehead atoms. The van der Waals surface area contributed by atoms with E-state index in [9.17, 15) is 0 Å². The standard InChI is InChI=1S/C11H14N2S2/c1-12-10(11-7-13-8-15-11)5-4-9-3-2-6-14-9/h2-3,6-8,10,12H,4-5H2,1H3. The monoisotopic (exact) mass is 238 g/mol. The minimum Gasteiger partial charge on any atom is -0.312 e. The predicted molar refractivity (Wildman–Crippen MR) is 66.6 cm³/mol. The molecule has 0 aliphatic carbocycles. The van der Waals surface area contributed by atoms with Gasteiger partial charge in [-0.25, -0.2) is 0 Å². The lowest BCUT2D eigenvalue weighted by molar-refractivity contribution is 0.559. The minimum atomic E-state index is 0.444. The molecule has 0 aromatic carbocycles. The van der Waals surface area contributed by atoms with Gasteiger partial charge in [-0.2, -0.15) is 0 Å². The molecule has 0 amide bonds. The van der Waals surface area contributed by atoms with Crippen molar-refractivity contribution in [2.24, 2.45) is 0 Å². The van der Waals surface area contributed by atoms with Gasteiger partial charge in [0.2, 0.25) is 0 Å². The highest BCUT2D eigenvalue weighted by Crippen LogP contribution is 2.23. The number of hydrogen-bond acceptors (Lipinski definition) is 4. The van der Waals surface area contributed by atoms with Crippen molar-refractivity contribution in [3.05, 3.63) is 39.0 Å². The van der Waals surface area contributed by atoms with Crippen LogP contribution in [-0.2, 0) is 6.42 Å². The summed E-state index contributed by atoms with van der Waals surface area (Å²) in [5.74, 6) is 0. The molecule has 4 heteroatoms. The molecule has 0 aliphatic rings. The summed E-state index contributed by atoms with van der Waals surface area (Å²) >= 11 is 3.56. The second kappa shape index (κ2) is 5.39. The first-order valence-corrected chi connectivity index (χ1v) is 6.74. The molecule has 80 valence electrons. The molecule has 1 atom stereocenters. The van der Waals surface area contributed by atoms with Gasteiger partial charge >= 0.3 is 0 Å². The molecule has 0 radical (unpaired) electrons. The Morgan fingerprint density at radius 3 is 3.00 bits per heavy atom. The number of nitrogens with one attached hydrogen (secondary N) is 1. The molecule has 0 aliphatic heterocycles. The second-order valence-corrected chi connectivity index (χ2v) is 5.31. The maximum absolute atomic E-state index is 4.12. The van der Waals surface area contributed by atoms with Crippen LogP contribution < -0.4 is 5.32 Å². The molecule has 2 aromatic rings. The molecule has 2 heterocycles. The Kier molecular flexibility index (Phi) is 3.88. The SMILES string of the molecule is CNC(CCc1cccs1)c1cncs1. The van der Waals surface area contributed by atoms with Crippen molar-refractivity contribution in [1.29, 1.82) is 0 Å². The largest absolute Gasteiger partial charge is 0.312 e. The first kappa shape index (κ1) is 10.8. The van der Waals surface area contributed by atoms with Crippen molar-refractivity contribution in [1.82, 2.24) is 10.3 Å². The Labute approximate surface area is 98.0 Å². The smallest absolute Gasteiger partial charge is 0.0794 e. The van der Waals surface area contributed by atoms with E-state index in [4.69, 9.17) is 0 Å². The summed E-state index contributed by atoms with van der Waals surface area (Å²) in [6.45, 7) is 0. The highest BCUT2D eigenvalue weighted by Gasteiger charge is 2.10. The molecular formula is C11H14N2S2. The molecule has 15 heavy (non-hydrogen) atoms. The van der Waals surface area contributed by atoms with Crippen molar-refractivity contribution >= 4 is 22.7 Å². The van der Waals surface area contributed by atoms with Gasteiger partial charge in [0.1, 0.15) is 0 Å². The highest BCUT2D eigenvalue weighted by atomic mass is 32.1. The number of aromatic nitrogens is 1. The van der Waals surface area contributed by atoms with Gasteiger partial charge < -0.3 is 5.32 Å². The van der Waals surface area contributed by atoms with Crippen LogP contribution in [0.1, 0.15) is 22.2 Å². The summed E-state index contributed by atoms with van der Waals surface area (Å²) in [7, 11) is 2.01. The number of thiophene rings is 1. The van der Waals surface area contributed by atoms with Crippen LogP contribution in [0.2, 0.25) is 0 Å². The lowest BCUT2D eigenvalue weighted by atomic mass is 10.1. The van der Waals surface area contributed by atoms with E-state index in [-0.39, 0.29) is 0 Å². The van der Waals surface area contributed by atoms with Crippen molar-refractivity contribution in [2.45, 2.75) is 18.9 Å². The summed E-state index contributed by atoms with van der Waals surface area (Å²) in [6.07, 6.45) is 4.24. The zero-order valence-corrected chi connectivity index (χ0v) is 10.3. The Balaban J connectivity index is 1.92. The third-order valence-corrected chi connectivity index (χ3v) is 4.23. The number of hydrogen-bond donors (Lipinski definition) is 1. The third-order valence-electron chi connectivity index (χ3n) is 2.40. The molecule has 0 spiro atoms. The van der Waals surface area contributed by atoms with Crippen LogP contribution in [0.15, 0.2) is 29.2 Å². The van der Waals surface area contributed by atoms with E-state index < -0.39 is 0 Å². The minimum absolute atomic E-state index is 0.444. The van der Waals surface area contributed by atoms with E-state index in [0.29, 0.717) is 6.04 Å². The van der Waals surface area contributed by atoms with E-state index >= 15 is 0 Å². The van der Waals surface area contributed by atoms with Crippen molar-refractivity contribution in [3.63, 3.8) is 0 Å². The van der Waals surface area contributed by atoms with E-state index in [1.165, 1.54) is 9.75 Å². The molecule has 0 saturated carbocycles. The van der Waals surface area contributed by atoms with Crippen LogP contribution in [-0.4, -0.2) is 12.0 Å². The zero-order chi connectivity index (χ0) is 10.5. The second-order valence-electron chi connectivity index (χ2n) is 3.36. The lowest BCUT2D eigenvalue weighted by Gasteiger charge is -2.12. The van der Waals surface area contributed by atoms with E-state index in [2.05, 4.69) is 27.8 Å². The first-order chi connectivity index (χ1) is 7.40. The quantitative estimate of drug-likeness (QED) is 0.866.